The van der Waals surface area contributed by atoms with Crippen molar-refractivity contribution < 1.29 is 42.9 Å². The first kappa shape index (κ1) is 17.9. The minimum atomic E-state index is -1.27. The van der Waals surface area contributed by atoms with Crippen molar-refractivity contribution in [3.05, 3.63) is 0 Å². The lowest BCUT2D eigenvalue weighted by Crippen LogP contribution is -2.58. The van der Waals surface area contributed by atoms with Crippen LogP contribution in [-0.2, 0) is 42.9 Å². The zero-order valence-electron chi connectivity index (χ0n) is 12.7. The Morgan fingerprint density at radius 2 is 1.18 bits per heavy atom. The van der Waals surface area contributed by atoms with Gasteiger partial charge in [-0.1, -0.05) is 0 Å². The molecular formula is C13H18O9. The van der Waals surface area contributed by atoms with Gasteiger partial charge >= 0.3 is 23.9 Å². The molecule has 0 aromatic rings. The summed E-state index contributed by atoms with van der Waals surface area (Å²) in [5.41, 5.74) is 0. The zero-order valence-corrected chi connectivity index (χ0v) is 12.7. The lowest BCUT2D eigenvalue weighted by molar-refractivity contribution is -0.273. The van der Waals surface area contributed by atoms with Gasteiger partial charge in [0, 0.05) is 27.7 Å². The Hall–Kier alpha value is -2.16. The summed E-state index contributed by atoms with van der Waals surface area (Å²) in [6.45, 7) is 4.40. The lowest BCUT2D eigenvalue weighted by Gasteiger charge is -2.39. The van der Waals surface area contributed by atoms with Crippen molar-refractivity contribution in [1.82, 2.24) is 0 Å². The van der Waals surface area contributed by atoms with Crippen LogP contribution in [0.25, 0.3) is 0 Å². The Morgan fingerprint density at radius 3 is 1.64 bits per heavy atom. The third-order valence-electron chi connectivity index (χ3n) is 2.59. The summed E-state index contributed by atoms with van der Waals surface area (Å²) in [4.78, 5) is 44.7. The van der Waals surface area contributed by atoms with Crippen LogP contribution in [0.3, 0.4) is 0 Å². The van der Waals surface area contributed by atoms with E-state index >= 15 is 0 Å². The van der Waals surface area contributed by atoms with Crippen molar-refractivity contribution in [3.8, 4) is 0 Å². The Kier molecular flexibility index (Phi) is 6.29. The van der Waals surface area contributed by atoms with Gasteiger partial charge in [-0.3, -0.25) is 19.2 Å². The average Bonchev–Trinajstić information content (AvgIpc) is 2.34. The smallest absolute Gasteiger partial charge is 0.305 e. The largest absolute Gasteiger partial charge is 0.456 e. The molecule has 124 valence electrons. The Morgan fingerprint density at radius 1 is 0.727 bits per heavy atom. The number of ether oxygens (including phenoxy) is 5. The molecule has 22 heavy (non-hydrogen) atoms. The van der Waals surface area contributed by atoms with Crippen molar-refractivity contribution in [2.24, 2.45) is 0 Å². The number of carbonyl (C=O) groups is 4. The van der Waals surface area contributed by atoms with Gasteiger partial charge in [-0.2, -0.15) is 0 Å². The van der Waals surface area contributed by atoms with Gasteiger partial charge in [-0.15, -0.1) is 0 Å². The van der Waals surface area contributed by atoms with Crippen LogP contribution in [0, 0.1) is 0 Å². The third kappa shape index (κ3) is 5.32. The summed E-state index contributed by atoms with van der Waals surface area (Å²) in [6.07, 6.45) is -4.65. The number of hydrogen-bond acceptors (Lipinski definition) is 9. The van der Waals surface area contributed by atoms with E-state index in [0.29, 0.717) is 0 Å². The molecule has 0 N–H and O–H groups in total. The van der Waals surface area contributed by atoms with Crippen molar-refractivity contribution in [3.63, 3.8) is 0 Å². The zero-order chi connectivity index (χ0) is 16.9. The minimum Gasteiger partial charge on any atom is -0.456 e. The maximum atomic E-state index is 11.3. The SMILES string of the molecule is CC(=O)OC1OC[C@H](OC(C)=O)[C@@H](OC(C)=O)C1OC(C)=O. The molecule has 9 heteroatoms. The second kappa shape index (κ2) is 7.74. The Bertz CT molecular complexity index is 416. The maximum Gasteiger partial charge on any atom is 0.305 e. The number of rotatable bonds is 4. The van der Waals surface area contributed by atoms with Gasteiger partial charge in [0.25, 0.3) is 0 Å². The molecule has 9 nitrogen and oxygen atoms in total. The molecule has 1 aliphatic heterocycles. The minimum absolute atomic E-state index is 0.187. The van der Waals surface area contributed by atoms with Gasteiger partial charge in [0.05, 0.1) is 6.61 Å². The molecule has 0 saturated carbocycles. The Balaban J connectivity index is 3.03. The third-order valence-corrected chi connectivity index (χ3v) is 2.59. The highest BCUT2D eigenvalue weighted by atomic mass is 16.7. The van der Waals surface area contributed by atoms with Crippen molar-refractivity contribution >= 4 is 23.9 Å². The predicted molar refractivity (Wildman–Crippen MR) is 68.2 cm³/mol. The molecule has 1 rings (SSSR count). The van der Waals surface area contributed by atoms with E-state index in [1.165, 1.54) is 6.92 Å². The van der Waals surface area contributed by atoms with E-state index in [1.807, 2.05) is 0 Å². The quantitative estimate of drug-likeness (QED) is 0.509. The summed E-state index contributed by atoms with van der Waals surface area (Å²) in [6, 6.07) is 0. The Labute approximate surface area is 126 Å². The van der Waals surface area contributed by atoms with Crippen molar-refractivity contribution in [2.45, 2.75) is 52.3 Å². The number of hydrogen-bond donors (Lipinski definition) is 0. The molecule has 0 spiro atoms. The van der Waals surface area contributed by atoms with E-state index in [4.69, 9.17) is 23.7 Å². The number of carbonyl (C=O) groups excluding carboxylic acids is 4. The molecular weight excluding hydrogens is 300 g/mol. The average molecular weight is 318 g/mol. The van der Waals surface area contributed by atoms with Crippen LogP contribution >= 0.6 is 0 Å². The standard InChI is InChI=1S/C13H18O9/c1-6(14)19-10-5-18-13(22-9(4)17)12(21-8(3)16)11(10)20-7(2)15/h10-13H,5H2,1-4H3/t10-,11+,12?,13?/m0/s1. The first-order chi connectivity index (χ1) is 10.2. The summed E-state index contributed by atoms with van der Waals surface area (Å²) >= 11 is 0. The van der Waals surface area contributed by atoms with Gasteiger partial charge in [0.1, 0.15) is 0 Å². The molecule has 0 aliphatic carbocycles. The molecule has 0 bridgehead atoms. The lowest BCUT2D eigenvalue weighted by atomic mass is 10.0. The summed E-state index contributed by atoms with van der Waals surface area (Å²) in [5, 5.41) is 0. The maximum absolute atomic E-state index is 11.3. The highest BCUT2D eigenvalue weighted by molar-refractivity contribution is 5.69. The van der Waals surface area contributed by atoms with Crippen LogP contribution in [0.4, 0.5) is 0 Å². The van der Waals surface area contributed by atoms with E-state index in [-0.39, 0.29) is 6.61 Å². The molecule has 2 unspecified atom stereocenters. The van der Waals surface area contributed by atoms with E-state index in [1.54, 1.807) is 0 Å². The molecule has 1 heterocycles. The van der Waals surface area contributed by atoms with Gasteiger partial charge < -0.3 is 23.7 Å². The molecule has 1 fully saturated rings. The number of esters is 4. The second-order valence-corrected chi connectivity index (χ2v) is 4.61. The van der Waals surface area contributed by atoms with Crippen LogP contribution < -0.4 is 0 Å². The van der Waals surface area contributed by atoms with Crippen LogP contribution in [0.2, 0.25) is 0 Å². The van der Waals surface area contributed by atoms with Gasteiger partial charge in [0.15, 0.2) is 12.2 Å². The van der Waals surface area contributed by atoms with Crippen LogP contribution in [0.15, 0.2) is 0 Å². The summed E-state index contributed by atoms with van der Waals surface area (Å²) in [5.74, 6) is -2.68. The molecule has 4 atom stereocenters. The fraction of sp³-hybridized carbons (Fsp3) is 0.692. The van der Waals surface area contributed by atoms with Gasteiger partial charge in [-0.25, -0.2) is 0 Å². The van der Waals surface area contributed by atoms with Crippen molar-refractivity contribution in [2.75, 3.05) is 6.61 Å². The molecule has 0 amide bonds. The van der Waals surface area contributed by atoms with Gasteiger partial charge in [0.2, 0.25) is 12.4 Å². The van der Waals surface area contributed by atoms with E-state index < -0.39 is 48.5 Å². The molecule has 1 saturated heterocycles. The summed E-state index contributed by atoms with van der Waals surface area (Å²) in [7, 11) is 0. The molecule has 1 aliphatic rings. The first-order valence-electron chi connectivity index (χ1n) is 6.51. The van der Waals surface area contributed by atoms with Crippen LogP contribution in [-0.4, -0.2) is 55.1 Å². The highest BCUT2D eigenvalue weighted by Gasteiger charge is 2.48. The predicted octanol–water partition coefficient (Wildman–Crippen LogP) is -0.299. The summed E-state index contributed by atoms with van der Waals surface area (Å²) < 4.78 is 25.2. The fourth-order valence-corrected chi connectivity index (χ4v) is 1.97. The first-order valence-corrected chi connectivity index (χ1v) is 6.51. The van der Waals surface area contributed by atoms with Crippen LogP contribution in [0.5, 0.6) is 0 Å². The van der Waals surface area contributed by atoms with E-state index in [2.05, 4.69) is 0 Å². The normalized spacial score (nSPS) is 27.5. The van der Waals surface area contributed by atoms with E-state index in [0.717, 1.165) is 20.8 Å². The van der Waals surface area contributed by atoms with E-state index in [9.17, 15) is 19.2 Å². The van der Waals surface area contributed by atoms with Crippen molar-refractivity contribution in [1.29, 1.82) is 0 Å². The topological polar surface area (TPSA) is 114 Å². The molecule has 0 aromatic carbocycles. The fourth-order valence-electron chi connectivity index (χ4n) is 1.97. The van der Waals surface area contributed by atoms with Crippen LogP contribution in [0.1, 0.15) is 27.7 Å². The second-order valence-electron chi connectivity index (χ2n) is 4.61. The van der Waals surface area contributed by atoms with Gasteiger partial charge in [-0.05, 0) is 0 Å². The molecule has 0 aromatic heterocycles. The highest BCUT2D eigenvalue weighted by Crippen LogP contribution is 2.25. The monoisotopic (exact) mass is 318 g/mol. The molecule has 0 radical (unpaired) electrons.